The Labute approximate surface area is 155 Å². The molecule has 1 fully saturated rings. The number of hydrogen-bond donors (Lipinski definition) is 1. The maximum atomic E-state index is 12.9. The minimum absolute atomic E-state index is 0.0884. The van der Waals surface area contributed by atoms with Crippen molar-refractivity contribution in [2.75, 3.05) is 0 Å². The van der Waals surface area contributed by atoms with Crippen molar-refractivity contribution in [3.8, 4) is 0 Å². The van der Waals surface area contributed by atoms with Gasteiger partial charge >= 0.3 is 6.03 Å². The quantitative estimate of drug-likeness (QED) is 0.696. The normalized spacial score (nSPS) is 19.4. The van der Waals surface area contributed by atoms with E-state index in [0.717, 1.165) is 10.5 Å². The molecule has 1 aliphatic heterocycles. The van der Waals surface area contributed by atoms with Crippen LogP contribution in [-0.4, -0.2) is 32.0 Å². The maximum Gasteiger partial charge on any atom is 0.325 e. The van der Waals surface area contributed by atoms with Crippen molar-refractivity contribution in [3.05, 3.63) is 77.7 Å². The number of nitrogens with one attached hydrogen (secondary N) is 1. The third-order valence-electron chi connectivity index (χ3n) is 4.46. The van der Waals surface area contributed by atoms with Crippen molar-refractivity contribution >= 4 is 11.9 Å². The van der Waals surface area contributed by atoms with Gasteiger partial charge in [0.15, 0.2) is 11.4 Å². The van der Waals surface area contributed by atoms with Gasteiger partial charge in [0.25, 0.3) is 5.91 Å². The molecule has 136 valence electrons. The topological polar surface area (TPSA) is 101 Å². The molecular formula is C19H17N5O3. The average Bonchev–Trinajstić information content (AvgIpc) is 3.22. The highest BCUT2D eigenvalue weighted by molar-refractivity contribution is 6.06. The Kier molecular flexibility index (Phi) is 4.15. The van der Waals surface area contributed by atoms with E-state index in [0.29, 0.717) is 17.9 Å². The van der Waals surface area contributed by atoms with Crippen molar-refractivity contribution in [2.24, 2.45) is 0 Å². The predicted molar refractivity (Wildman–Crippen MR) is 94.2 cm³/mol. The molecule has 3 heterocycles. The zero-order chi connectivity index (χ0) is 18.9. The van der Waals surface area contributed by atoms with Crippen LogP contribution >= 0.6 is 0 Å². The van der Waals surface area contributed by atoms with Crippen LogP contribution in [0.4, 0.5) is 4.79 Å². The van der Waals surface area contributed by atoms with Crippen LogP contribution in [0.2, 0.25) is 0 Å². The first-order valence-electron chi connectivity index (χ1n) is 8.47. The molecule has 1 aromatic carbocycles. The molecule has 0 saturated carbocycles. The molecule has 1 aliphatic rings. The van der Waals surface area contributed by atoms with E-state index in [2.05, 4.69) is 20.4 Å². The lowest BCUT2D eigenvalue weighted by Crippen LogP contribution is -2.41. The number of carbonyl (C=O) groups is 2. The van der Waals surface area contributed by atoms with E-state index in [4.69, 9.17) is 4.52 Å². The second-order valence-electron chi connectivity index (χ2n) is 6.43. The van der Waals surface area contributed by atoms with Crippen LogP contribution in [0.25, 0.3) is 0 Å². The van der Waals surface area contributed by atoms with Gasteiger partial charge in [-0.05, 0) is 24.6 Å². The molecule has 0 bridgehead atoms. The van der Waals surface area contributed by atoms with E-state index in [1.54, 1.807) is 31.3 Å². The molecule has 8 nitrogen and oxygen atoms in total. The third-order valence-corrected chi connectivity index (χ3v) is 4.46. The van der Waals surface area contributed by atoms with Crippen molar-refractivity contribution in [2.45, 2.75) is 25.4 Å². The number of amides is 3. The molecule has 1 atom stereocenters. The lowest BCUT2D eigenvalue weighted by Gasteiger charge is -2.20. The zero-order valence-electron chi connectivity index (χ0n) is 14.6. The molecule has 27 heavy (non-hydrogen) atoms. The second-order valence-corrected chi connectivity index (χ2v) is 6.43. The van der Waals surface area contributed by atoms with Gasteiger partial charge in [-0.1, -0.05) is 41.6 Å². The highest BCUT2D eigenvalue weighted by atomic mass is 16.5. The number of hydrogen-bond acceptors (Lipinski definition) is 6. The van der Waals surface area contributed by atoms with E-state index in [9.17, 15) is 9.59 Å². The van der Waals surface area contributed by atoms with Gasteiger partial charge in [0, 0.05) is 12.6 Å². The number of urea groups is 1. The Hall–Kier alpha value is -3.55. The van der Waals surface area contributed by atoms with Gasteiger partial charge in [-0.2, -0.15) is 4.98 Å². The Morgan fingerprint density at radius 1 is 1.11 bits per heavy atom. The van der Waals surface area contributed by atoms with E-state index in [-0.39, 0.29) is 12.4 Å². The van der Waals surface area contributed by atoms with Gasteiger partial charge in [0.2, 0.25) is 5.89 Å². The highest BCUT2D eigenvalue weighted by Gasteiger charge is 2.50. The first-order valence-corrected chi connectivity index (χ1v) is 8.47. The fourth-order valence-corrected chi connectivity index (χ4v) is 3.01. The maximum absolute atomic E-state index is 12.9. The van der Waals surface area contributed by atoms with Crippen molar-refractivity contribution in [1.82, 2.24) is 25.3 Å². The molecular weight excluding hydrogens is 346 g/mol. The fraction of sp³-hybridized carbons (Fsp3) is 0.211. The van der Waals surface area contributed by atoms with Gasteiger partial charge in [-0.3, -0.25) is 14.7 Å². The van der Waals surface area contributed by atoms with E-state index < -0.39 is 17.5 Å². The molecule has 3 amide bonds. The molecule has 1 saturated heterocycles. The lowest BCUT2D eigenvalue weighted by atomic mass is 9.97. The first-order chi connectivity index (χ1) is 13.1. The molecule has 0 spiro atoms. The molecule has 3 aromatic rings. The van der Waals surface area contributed by atoms with Crippen LogP contribution in [0.1, 0.15) is 29.9 Å². The predicted octanol–water partition coefficient (Wildman–Crippen LogP) is 2.02. The molecule has 2 aromatic heterocycles. The Morgan fingerprint density at radius 3 is 2.63 bits per heavy atom. The number of benzene rings is 1. The average molecular weight is 363 g/mol. The van der Waals surface area contributed by atoms with Gasteiger partial charge in [-0.25, -0.2) is 4.79 Å². The Morgan fingerprint density at radius 2 is 1.89 bits per heavy atom. The summed E-state index contributed by atoms with van der Waals surface area (Å²) in [5.41, 5.74) is 0.300. The van der Waals surface area contributed by atoms with Crippen molar-refractivity contribution < 1.29 is 14.1 Å². The fourth-order valence-electron chi connectivity index (χ4n) is 3.01. The van der Waals surface area contributed by atoms with Gasteiger partial charge < -0.3 is 9.84 Å². The van der Waals surface area contributed by atoms with E-state index in [1.807, 2.05) is 30.3 Å². The highest BCUT2D eigenvalue weighted by Crippen LogP contribution is 2.28. The van der Waals surface area contributed by atoms with E-state index in [1.165, 1.54) is 0 Å². The first kappa shape index (κ1) is 16.9. The standard InChI is InChI=1S/C19H17N5O3/c1-19(14-9-5-6-10-20-14)17(25)24(18(26)22-19)12-16-21-15(23-27-16)11-13-7-3-2-4-8-13/h2-10H,11-12H2,1H3,(H,22,26). The molecule has 1 N–H and O–H groups in total. The van der Waals surface area contributed by atoms with Crippen LogP contribution in [0.3, 0.4) is 0 Å². The number of carbonyl (C=O) groups excluding carboxylic acids is 2. The third kappa shape index (κ3) is 3.17. The number of imide groups is 1. The number of rotatable bonds is 5. The smallest absolute Gasteiger partial charge is 0.325 e. The summed E-state index contributed by atoms with van der Waals surface area (Å²) in [6.07, 6.45) is 2.09. The summed E-state index contributed by atoms with van der Waals surface area (Å²) in [4.78, 5) is 34.8. The summed E-state index contributed by atoms with van der Waals surface area (Å²) >= 11 is 0. The summed E-state index contributed by atoms with van der Waals surface area (Å²) in [5, 5.41) is 6.63. The molecule has 1 unspecified atom stereocenters. The molecule has 4 rings (SSSR count). The van der Waals surface area contributed by atoms with Crippen LogP contribution in [-0.2, 0) is 23.3 Å². The van der Waals surface area contributed by atoms with Crippen LogP contribution in [0.15, 0.2) is 59.3 Å². The summed E-state index contributed by atoms with van der Waals surface area (Å²) in [7, 11) is 0. The number of nitrogens with zero attached hydrogens (tertiary/aromatic N) is 4. The van der Waals surface area contributed by atoms with Gasteiger partial charge in [-0.15, -0.1) is 0 Å². The Bertz CT molecular complexity index is 973. The number of aromatic nitrogens is 3. The molecule has 0 radical (unpaired) electrons. The van der Waals surface area contributed by atoms with Crippen LogP contribution in [0, 0.1) is 0 Å². The summed E-state index contributed by atoms with van der Waals surface area (Å²) < 4.78 is 5.22. The Balaban J connectivity index is 1.50. The largest absolute Gasteiger partial charge is 0.337 e. The van der Waals surface area contributed by atoms with Crippen molar-refractivity contribution in [3.63, 3.8) is 0 Å². The molecule has 0 aliphatic carbocycles. The number of pyridine rings is 1. The lowest BCUT2D eigenvalue weighted by molar-refractivity contribution is -0.131. The minimum atomic E-state index is -1.22. The SMILES string of the molecule is CC1(c2ccccn2)NC(=O)N(Cc2nc(Cc3ccccc3)no2)C1=O. The monoisotopic (exact) mass is 363 g/mol. The second kappa shape index (κ2) is 6.64. The van der Waals surface area contributed by atoms with E-state index >= 15 is 0 Å². The van der Waals surface area contributed by atoms with Crippen LogP contribution in [0.5, 0.6) is 0 Å². The summed E-state index contributed by atoms with van der Waals surface area (Å²) in [6, 6.07) is 14.4. The summed E-state index contributed by atoms with van der Waals surface area (Å²) in [5.74, 6) is 0.291. The minimum Gasteiger partial charge on any atom is -0.337 e. The van der Waals surface area contributed by atoms with Gasteiger partial charge in [0.05, 0.1) is 5.69 Å². The summed E-state index contributed by atoms with van der Waals surface area (Å²) in [6.45, 7) is 1.54. The molecule has 8 heteroatoms. The van der Waals surface area contributed by atoms with Gasteiger partial charge in [0.1, 0.15) is 6.54 Å². The zero-order valence-corrected chi connectivity index (χ0v) is 14.6. The van der Waals surface area contributed by atoms with Crippen molar-refractivity contribution in [1.29, 1.82) is 0 Å². The van der Waals surface area contributed by atoms with Crippen LogP contribution < -0.4 is 5.32 Å².